The predicted molar refractivity (Wildman–Crippen MR) is 128 cm³/mol. The Balaban J connectivity index is 1.80. The van der Waals surface area contributed by atoms with Crippen LogP contribution in [0.1, 0.15) is 38.3 Å². The third-order valence-electron chi connectivity index (χ3n) is 5.73. The van der Waals surface area contributed by atoms with Crippen molar-refractivity contribution in [3.63, 3.8) is 0 Å². The van der Waals surface area contributed by atoms with E-state index in [0.717, 1.165) is 33.2 Å². The average molecular weight is 447 g/mol. The molecule has 0 spiro atoms. The van der Waals surface area contributed by atoms with Crippen molar-refractivity contribution in [3.8, 4) is 0 Å². The minimum atomic E-state index is -3.98. The molecular formula is C26H26N2O3S. The predicted octanol–water partition coefficient (Wildman–Crippen LogP) is 5.04. The SMILES string of the molecule is Cc1cc(C)c(Cn2c(C(=O)NS(=O)(=O)c3ccccc3)cc3cc(C)ccc32)c(C)c1. The highest BCUT2D eigenvalue weighted by Crippen LogP contribution is 2.26. The van der Waals surface area contributed by atoms with Crippen LogP contribution in [0.15, 0.2) is 71.6 Å². The second-order valence-corrected chi connectivity index (χ2v) is 9.99. The number of carbonyl (C=O) groups excluding carboxylic acids is 1. The number of amides is 1. The lowest BCUT2D eigenvalue weighted by atomic mass is 9.99. The van der Waals surface area contributed by atoms with Crippen molar-refractivity contribution in [3.05, 3.63) is 100 Å². The van der Waals surface area contributed by atoms with Crippen LogP contribution >= 0.6 is 0 Å². The van der Waals surface area contributed by atoms with Gasteiger partial charge in [0.2, 0.25) is 0 Å². The zero-order valence-corrected chi connectivity index (χ0v) is 19.5. The molecule has 164 valence electrons. The number of fused-ring (bicyclic) bond motifs is 1. The van der Waals surface area contributed by atoms with Crippen molar-refractivity contribution >= 4 is 26.8 Å². The lowest BCUT2D eigenvalue weighted by Gasteiger charge is -2.16. The highest BCUT2D eigenvalue weighted by molar-refractivity contribution is 7.90. The van der Waals surface area contributed by atoms with Gasteiger partial charge in [-0.25, -0.2) is 13.1 Å². The number of carbonyl (C=O) groups is 1. The number of nitrogens with one attached hydrogen (secondary N) is 1. The Bertz CT molecular complexity index is 1410. The van der Waals surface area contributed by atoms with E-state index in [1.807, 2.05) is 29.7 Å². The van der Waals surface area contributed by atoms with Crippen LogP contribution in [0.3, 0.4) is 0 Å². The van der Waals surface area contributed by atoms with Crippen LogP contribution in [-0.4, -0.2) is 18.9 Å². The summed E-state index contributed by atoms with van der Waals surface area (Å²) in [6.45, 7) is 8.64. The van der Waals surface area contributed by atoms with Crippen molar-refractivity contribution in [2.75, 3.05) is 0 Å². The Morgan fingerprint density at radius 3 is 2.16 bits per heavy atom. The Hall–Kier alpha value is -3.38. The number of hydrogen-bond acceptors (Lipinski definition) is 3. The molecule has 0 fully saturated rings. The Morgan fingerprint density at radius 1 is 0.844 bits per heavy atom. The van der Waals surface area contributed by atoms with Gasteiger partial charge in [-0.2, -0.15) is 0 Å². The molecule has 1 aromatic heterocycles. The maximum absolute atomic E-state index is 13.2. The first-order valence-electron chi connectivity index (χ1n) is 10.4. The fourth-order valence-electron chi connectivity index (χ4n) is 4.20. The molecule has 4 rings (SSSR count). The van der Waals surface area contributed by atoms with Crippen LogP contribution in [0.5, 0.6) is 0 Å². The van der Waals surface area contributed by atoms with Crippen LogP contribution < -0.4 is 4.72 Å². The minimum absolute atomic E-state index is 0.0529. The molecular weight excluding hydrogens is 420 g/mol. The molecule has 0 unspecified atom stereocenters. The quantitative estimate of drug-likeness (QED) is 0.467. The molecule has 0 saturated carbocycles. The summed E-state index contributed by atoms with van der Waals surface area (Å²) < 4.78 is 29.7. The third-order valence-corrected chi connectivity index (χ3v) is 7.07. The van der Waals surface area contributed by atoms with Gasteiger partial charge in [-0.15, -0.1) is 0 Å². The molecule has 0 bridgehead atoms. The number of aryl methyl sites for hydroxylation is 4. The normalized spacial score (nSPS) is 11.6. The number of hydrogen-bond donors (Lipinski definition) is 1. The number of sulfonamides is 1. The van der Waals surface area contributed by atoms with E-state index in [1.54, 1.807) is 24.3 Å². The fraction of sp³-hybridized carbons (Fsp3) is 0.192. The first kappa shape index (κ1) is 21.8. The molecule has 0 aliphatic rings. The Morgan fingerprint density at radius 2 is 1.50 bits per heavy atom. The van der Waals surface area contributed by atoms with Crippen molar-refractivity contribution in [2.24, 2.45) is 0 Å². The molecule has 32 heavy (non-hydrogen) atoms. The van der Waals surface area contributed by atoms with E-state index in [2.05, 4.69) is 37.6 Å². The van der Waals surface area contributed by atoms with Gasteiger partial charge in [0.1, 0.15) is 5.69 Å². The summed E-state index contributed by atoms with van der Waals surface area (Å²) in [7, 11) is -3.98. The van der Waals surface area contributed by atoms with Crippen LogP contribution in [-0.2, 0) is 16.6 Å². The summed E-state index contributed by atoms with van der Waals surface area (Å²) in [5, 5.41) is 0.898. The summed E-state index contributed by atoms with van der Waals surface area (Å²) in [5.74, 6) is -0.648. The van der Waals surface area contributed by atoms with Gasteiger partial charge >= 0.3 is 0 Å². The van der Waals surface area contributed by atoms with E-state index in [0.29, 0.717) is 12.2 Å². The molecule has 1 N–H and O–H groups in total. The lowest BCUT2D eigenvalue weighted by molar-refractivity contribution is 0.0973. The van der Waals surface area contributed by atoms with Gasteiger partial charge in [0.05, 0.1) is 4.90 Å². The van der Waals surface area contributed by atoms with Gasteiger partial charge in [-0.3, -0.25) is 4.79 Å². The molecule has 0 saturated heterocycles. The Labute approximate surface area is 188 Å². The van der Waals surface area contributed by atoms with Crippen molar-refractivity contribution in [2.45, 2.75) is 39.1 Å². The molecule has 0 radical (unpaired) electrons. The van der Waals surface area contributed by atoms with Crippen LogP contribution in [0.25, 0.3) is 10.9 Å². The number of aromatic nitrogens is 1. The average Bonchev–Trinajstić information content (AvgIpc) is 3.08. The molecule has 4 aromatic rings. The van der Waals surface area contributed by atoms with Crippen molar-refractivity contribution < 1.29 is 13.2 Å². The van der Waals surface area contributed by atoms with Gasteiger partial charge in [0.15, 0.2) is 0 Å². The summed E-state index contributed by atoms with van der Waals surface area (Å²) in [6.07, 6.45) is 0. The third kappa shape index (κ3) is 4.18. The standard InChI is InChI=1S/C26H26N2O3S/c1-17-10-11-24-21(14-17)15-25(26(29)27-32(30,31)22-8-6-5-7-9-22)28(24)16-23-19(3)12-18(2)13-20(23)4/h5-15H,16H2,1-4H3,(H,27,29). The van der Waals surface area contributed by atoms with Gasteiger partial charge in [0, 0.05) is 17.4 Å². The molecule has 6 heteroatoms. The topological polar surface area (TPSA) is 68.2 Å². The smallest absolute Gasteiger partial charge is 0.281 e. The van der Waals surface area contributed by atoms with Gasteiger partial charge in [-0.1, -0.05) is 47.5 Å². The van der Waals surface area contributed by atoms with Gasteiger partial charge < -0.3 is 4.57 Å². The second-order valence-electron chi connectivity index (χ2n) is 8.30. The van der Waals surface area contributed by atoms with E-state index in [4.69, 9.17) is 0 Å². The highest BCUT2D eigenvalue weighted by Gasteiger charge is 2.23. The molecule has 3 aromatic carbocycles. The number of rotatable bonds is 5. The number of benzene rings is 3. The maximum atomic E-state index is 13.2. The van der Waals surface area contributed by atoms with E-state index < -0.39 is 15.9 Å². The van der Waals surface area contributed by atoms with Crippen LogP contribution in [0, 0.1) is 27.7 Å². The van der Waals surface area contributed by atoms with Gasteiger partial charge in [0.25, 0.3) is 15.9 Å². The first-order valence-corrected chi connectivity index (χ1v) is 11.9. The molecule has 0 aliphatic heterocycles. The highest BCUT2D eigenvalue weighted by atomic mass is 32.2. The Kier molecular flexibility index (Phi) is 5.65. The maximum Gasteiger partial charge on any atom is 0.281 e. The molecule has 1 amide bonds. The molecule has 0 atom stereocenters. The van der Waals surface area contributed by atoms with E-state index in [-0.39, 0.29) is 4.90 Å². The van der Waals surface area contributed by atoms with Crippen molar-refractivity contribution in [1.29, 1.82) is 0 Å². The van der Waals surface area contributed by atoms with Crippen LogP contribution in [0.2, 0.25) is 0 Å². The van der Waals surface area contributed by atoms with E-state index in [1.165, 1.54) is 17.7 Å². The van der Waals surface area contributed by atoms with E-state index in [9.17, 15) is 13.2 Å². The van der Waals surface area contributed by atoms with Gasteiger partial charge in [-0.05, 0) is 74.7 Å². The summed E-state index contributed by atoms with van der Waals surface area (Å²) >= 11 is 0. The summed E-state index contributed by atoms with van der Waals surface area (Å²) in [4.78, 5) is 13.3. The molecule has 1 heterocycles. The zero-order chi connectivity index (χ0) is 23.0. The van der Waals surface area contributed by atoms with Crippen LogP contribution in [0.4, 0.5) is 0 Å². The van der Waals surface area contributed by atoms with E-state index >= 15 is 0 Å². The lowest BCUT2D eigenvalue weighted by Crippen LogP contribution is -2.32. The minimum Gasteiger partial charge on any atom is -0.332 e. The first-order chi connectivity index (χ1) is 15.2. The summed E-state index contributed by atoms with van der Waals surface area (Å²) in [6, 6.07) is 19.9. The van der Waals surface area contributed by atoms with Crippen molar-refractivity contribution in [1.82, 2.24) is 9.29 Å². The summed E-state index contributed by atoms with van der Waals surface area (Å²) in [5.41, 5.74) is 6.85. The molecule has 0 aliphatic carbocycles. The zero-order valence-electron chi connectivity index (χ0n) is 18.6. The number of nitrogens with zero attached hydrogens (tertiary/aromatic N) is 1. The monoisotopic (exact) mass is 446 g/mol. The largest absolute Gasteiger partial charge is 0.332 e. The fourth-order valence-corrected chi connectivity index (χ4v) is 5.18. The molecule has 5 nitrogen and oxygen atoms in total. The second kappa shape index (κ2) is 8.28.